The van der Waals surface area contributed by atoms with Gasteiger partial charge in [0.15, 0.2) is 11.5 Å². The van der Waals surface area contributed by atoms with E-state index in [1.165, 1.54) is 11.1 Å². The number of hydrogen-bond donors (Lipinski definition) is 1. The number of nitrogens with zero attached hydrogens (tertiary/aromatic N) is 1. The van der Waals surface area contributed by atoms with Crippen LogP contribution in [0.2, 0.25) is 0 Å². The van der Waals surface area contributed by atoms with Crippen molar-refractivity contribution in [1.29, 1.82) is 0 Å². The van der Waals surface area contributed by atoms with Crippen molar-refractivity contribution in [3.05, 3.63) is 70.9 Å². The van der Waals surface area contributed by atoms with Crippen molar-refractivity contribution >= 4 is 11.6 Å². The van der Waals surface area contributed by atoms with Crippen molar-refractivity contribution in [3.8, 4) is 11.3 Å². The van der Waals surface area contributed by atoms with Gasteiger partial charge < -0.3 is 9.84 Å². The molecule has 0 unspecified atom stereocenters. The quantitative estimate of drug-likeness (QED) is 0.774. The maximum atomic E-state index is 12.2. The number of aryl methyl sites for hydroxylation is 3. The highest BCUT2D eigenvalue weighted by Gasteiger charge is 2.14. The van der Waals surface area contributed by atoms with Gasteiger partial charge in [0, 0.05) is 17.3 Å². The van der Waals surface area contributed by atoms with Crippen LogP contribution in [0.5, 0.6) is 0 Å². The molecular weight excluding hydrogens is 288 g/mol. The molecule has 1 heterocycles. The lowest BCUT2D eigenvalue weighted by molar-refractivity contribution is 0.101. The van der Waals surface area contributed by atoms with E-state index in [0.29, 0.717) is 5.76 Å². The minimum atomic E-state index is -0.285. The SMILES string of the molecule is Cc1ccc(NC(=O)c2cc(-c3ccc(C)c(C)c3)on2)cc1. The summed E-state index contributed by atoms with van der Waals surface area (Å²) in [4.78, 5) is 12.2. The first-order chi connectivity index (χ1) is 11.0. The molecule has 0 spiro atoms. The standard InChI is InChI=1S/C19H18N2O2/c1-12-4-8-16(9-5-12)20-19(22)17-11-18(23-21-17)15-7-6-13(2)14(3)10-15/h4-11H,1-3H3,(H,20,22). The Hall–Kier alpha value is -2.88. The molecule has 23 heavy (non-hydrogen) atoms. The smallest absolute Gasteiger partial charge is 0.277 e. The topological polar surface area (TPSA) is 55.1 Å². The number of amides is 1. The minimum Gasteiger partial charge on any atom is -0.355 e. The molecule has 1 amide bonds. The van der Waals surface area contributed by atoms with Crippen LogP contribution in [0.1, 0.15) is 27.2 Å². The van der Waals surface area contributed by atoms with E-state index in [1.807, 2.05) is 56.3 Å². The molecule has 4 heteroatoms. The van der Waals surface area contributed by atoms with E-state index in [1.54, 1.807) is 6.07 Å². The first kappa shape index (κ1) is 15.0. The fourth-order valence-corrected chi connectivity index (χ4v) is 2.24. The van der Waals surface area contributed by atoms with Gasteiger partial charge in [-0.05, 0) is 50.1 Å². The van der Waals surface area contributed by atoms with Crippen LogP contribution in [0.25, 0.3) is 11.3 Å². The van der Waals surface area contributed by atoms with Crippen LogP contribution in [-0.4, -0.2) is 11.1 Å². The monoisotopic (exact) mass is 306 g/mol. The van der Waals surface area contributed by atoms with Gasteiger partial charge in [0.2, 0.25) is 0 Å². The maximum Gasteiger partial charge on any atom is 0.277 e. The van der Waals surface area contributed by atoms with Crippen LogP contribution in [0.4, 0.5) is 5.69 Å². The lowest BCUT2D eigenvalue weighted by Crippen LogP contribution is -2.11. The summed E-state index contributed by atoms with van der Waals surface area (Å²) in [6.07, 6.45) is 0. The number of anilines is 1. The van der Waals surface area contributed by atoms with Crippen molar-refractivity contribution < 1.29 is 9.32 Å². The molecule has 0 aliphatic rings. The third-order valence-electron chi connectivity index (χ3n) is 3.84. The molecule has 0 saturated carbocycles. The Labute approximate surface area is 135 Å². The number of hydrogen-bond acceptors (Lipinski definition) is 3. The molecule has 3 aromatic rings. The highest BCUT2D eigenvalue weighted by molar-refractivity contribution is 6.03. The second-order valence-corrected chi connectivity index (χ2v) is 5.70. The zero-order valence-electron chi connectivity index (χ0n) is 13.4. The van der Waals surface area contributed by atoms with E-state index in [-0.39, 0.29) is 11.6 Å². The summed E-state index contributed by atoms with van der Waals surface area (Å²) >= 11 is 0. The van der Waals surface area contributed by atoms with Crippen LogP contribution >= 0.6 is 0 Å². The molecule has 0 saturated heterocycles. The fourth-order valence-electron chi connectivity index (χ4n) is 2.24. The van der Waals surface area contributed by atoms with Crippen molar-refractivity contribution in [2.75, 3.05) is 5.32 Å². The van der Waals surface area contributed by atoms with Crippen LogP contribution in [0, 0.1) is 20.8 Å². The molecule has 0 aliphatic heterocycles. The molecule has 116 valence electrons. The van der Waals surface area contributed by atoms with E-state index in [0.717, 1.165) is 16.8 Å². The van der Waals surface area contributed by atoms with Crippen molar-refractivity contribution in [2.24, 2.45) is 0 Å². The average Bonchev–Trinajstić information content (AvgIpc) is 3.02. The molecule has 0 fully saturated rings. The van der Waals surface area contributed by atoms with Gasteiger partial charge in [0.25, 0.3) is 5.91 Å². The lowest BCUT2D eigenvalue weighted by atomic mass is 10.0. The molecule has 3 rings (SSSR count). The minimum absolute atomic E-state index is 0.263. The molecule has 1 aromatic heterocycles. The molecule has 1 N–H and O–H groups in total. The zero-order valence-corrected chi connectivity index (χ0v) is 13.4. The molecular formula is C19H18N2O2. The molecule has 2 aromatic carbocycles. The Balaban J connectivity index is 1.79. The first-order valence-corrected chi connectivity index (χ1v) is 7.45. The number of rotatable bonds is 3. The van der Waals surface area contributed by atoms with Gasteiger partial charge >= 0.3 is 0 Å². The van der Waals surface area contributed by atoms with E-state index in [2.05, 4.69) is 17.4 Å². The van der Waals surface area contributed by atoms with Gasteiger partial charge in [-0.15, -0.1) is 0 Å². The van der Waals surface area contributed by atoms with Crippen LogP contribution in [0.15, 0.2) is 53.1 Å². The molecule has 0 radical (unpaired) electrons. The van der Waals surface area contributed by atoms with Crippen LogP contribution in [-0.2, 0) is 0 Å². The van der Waals surface area contributed by atoms with Gasteiger partial charge in [-0.25, -0.2) is 0 Å². The maximum absolute atomic E-state index is 12.2. The predicted molar refractivity (Wildman–Crippen MR) is 90.5 cm³/mol. The first-order valence-electron chi connectivity index (χ1n) is 7.45. The average molecular weight is 306 g/mol. The molecule has 0 aliphatic carbocycles. The van der Waals surface area contributed by atoms with Crippen molar-refractivity contribution in [3.63, 3.8) is 0 Å². The van der Waals surface area contributed by atoms with E-state index >= 15 is 0 Å². The molecule has 0 atom stereocenters. The number of aromatic nitrogens is 1. The second kappa shape index (κ2) is 6.08. The summed E-state index contributed by atoms with van der Waals surface area (Å²) in [5.74, 6) is 0.301. The molecule has 4 nitrogen and oxygen atoms in total. The predicted octanol–water partition coefficient (Wildman–Crippen LogP) is 4.52. The van der Waals surface area contributed by atoms with Crippen LogP contribution < -0.4 is 5.32 Å². The Bertz CT molecular complexity index is 848. The summed E-state index contributed by atoms with van der Waals surface area (Å²) in [5.41, 5.74) is 5.43. The second-order valence-electron chi connectivity index (χ2n) is 5.70. The highest BCUT2D eigenvalue weighted by Crippen LogP contribution is 2.23. The largest absolute Gasteiger partial charge is 0.355 e. The van der Waals surface area contributed by atoms with Gasteiger partial charge in [-0.3, -0.25) is 4.79 Å². The van der Waals surface area contributed by atoms with Gasteiger partial charge in [-0.2, -0.15) is 0 Å². The van der Waals surface area contributed by atoms with Gasteiger partial charge in [0.1, 0.15) is 0 Å². The summed E-state index contributed by atoms with van der Waals surface area (Å²) < 4.78 is 5.31. The van der Waals surface area contributed by atoms with Crippen molar-refractivity contribution in [2.45, 2.75) is 20.8 Å². The Morgan fingerprint density at radius 2 is 1.70 bits per heavy atom. The lowest BCUT2D eigenvalue weighted by Gasteiger charge is -2.02. The number of benzene rings is 2. The number of carbonyl (C=O) groups excluding carboxylic acids is 1. The third-order valence-corrected chi connectivity index (χ3v) is 3.84. The zero-order chi connectivity index (χ0) is 16.4. The van der Waals surface area contributed by atoms with Gasteiger partial charge in [0.05, 0.1) is 0 Å². The van der Waals surface area contributed by atoms with E-state index in [9.17, 15) is 4.79 Å². The van der Waals surface area contributed by atoms with Gasteiger partial charge in [-0.1, -0.05) is 35.0 Å². The van der Waals surface area contributed by atoms with Crippen molar-refractivity contribution in [1.82, 2.24) is 5.16 Å². The number of nitrogens with one attached hydrogen (secondary N) is 1. The summed E-state index contributed by atoms with van der Waals surface area (Å²) in [6, 6.07) is 15.3. The Morgan fingerprint density at radius 1 is 0.957 bits per heavy atom. The number of carbonyl (C=O) groups is 1. The summed E-state index contributed by atoms with van der Waals surface area (Å²) in [5, 5.41) is 6.68. The van der Waals surface area contributed by atoms with E-state index < -0.39 is 0 Å². The third kappa shape index (κ3) is 3.31. The Kier molecular flexibility index (Phi) is 3.98. The normalized spacial score (nSPS) is 10.6. The van der Waals surface area contributed by atoms with Crippen LogP contribution in [0.3, 0.4) is 0 Å². The van der Waals surface area contributed by atoms with E-state index in [4.69, 9.17) is 4.52 Å². The molecule has 0 bridgehead atoms. The fraction of sp³-hybridized carbons (Fsp3) is 0.158. The Morgan fingerprint density at radius 3 is 2.39 bits per heavy atom. The highest BCUT2D eigenvalue weighted by atomic mass is 16.5. The summed E-state index contributed by atoms with van der Waals surface area (Å²) in [7, 11) is 0. The summed E-state index contributed by atoms with van der Waals surface area (Å²) in [6.45, 7) is 6.10.